The number of anilines is 1. The topological polar surface area (TPSA) is 124 Å². The molecule has 1 unspecified atom stereocenters. The fourth-order valence-electron chi connectivity index (χ4n) is 4.67. The standard InChI is InChI=1S/C23H23BrFN7O2/c1-31-9-8-27-22(31)16-7-6-14(10-28-16)15-11-29-32-20(26)17(24)19(30-21(15)32)13-4-2-12(3-5-13)18(25)23(33)34/h6-13,18H,2-5,26H2,1H3,(H,33,34)/t12-,13+,18?. The summed E-state index contributed by atoms with van der Waals surface area (Å²) in [5, 5.41) is 13.4. The molecule has 9 nitrogen and oxygen atoms in total. The Morgan fingerprint density at radius 3 is 2.62 bits per heavy atom. The van der Waals surface area contributed by atoms with Crippen LogP contribution in [0.1, 0.15) is 37.3 Å². The third-order valence-electron chi connectivity index (χ3n) is 6.58. The summed E-state index contributed by atoms with van der Waals surface area (Å²) in [6.07, 6.45) is 7.50. The van der Waals surface area contributed by atoms with E-state index in [0.717, 1.165) is 28.3 Å². The van der Waals surface area contributed by atoms with Crippen LogP contribution in [0.4, 0.5) is 10.2 Å². The second-order valence-corrected chi connectivity index (χ2v) is 9.43. The van der Waals surface area contributed by atoms with Crippen LogP contribution in [0.2, 0.25) is 0 Å². The number of rotatable bonds is 5. The highest BCUT2D eigenvalue weighted by atomic mass is 79.9. The van der Waals surface area contributed by atoms with Crippen LogP contribution in [0.3, 0.4) is 0 Å². The molecule has 0 aromatic carbocycles. The van der Waals surface area contributed by atoms with Gasteiger partial charge in [0.25, 0.3) is 0 Å². The fraction of sp³-hybridized carbons (Fsp3) is 0.348. The lowest BCUT2D eigenvalue weighted by molar-refractivity contribution is -0.145. The smallest absolute Gasteiger partial charge is 0.338 e. The Bertz CT molecular complexity index is 1360. The number of aliphatic carboxylic acids is 1. The van der Waals surface area contributed by atoms with E-state index in [1.807, 2.05) is 29.9 Å². The van der Waals surface area contributed by atoms with Crippen LogP contribution in [0, 0.1) is 5.92 Å². The molecule has 176 valence electrons. The molecule has 1 fully saturated rings. The summed E-state index contributed by atoms with van der Waals surface area (Å²) in [5.41, 5.74) is 10.2. The van der Waals surface area contributed by atoms with Gasteiger partial charge in [-0.15, -0.1) is 0 Å². The molecule has 1 atom stereocenters. The van der Waals surface area contributed by atoms with E-state index < -0.39 is 18.1 Å². The molecule has 5 rings (SSSR count). The Labute approximate surface area is 203 Å². The van der Waals surface area contributed by atoms with Crippen LogP contribution in [0.15, 0.2) is 41.4 Å². The summed E-state index contributed by atoms with van der Waals surface area (Å²) < 4.78 is 18.1. The Morgan fingerprint density at radius 1 is 1.24 bits per heavy atom. The van der Waals surface area contributed by atoms with Crippen molar-refractivity contribution in [1.29, 1.82) is 0 Å². The van der Waals surface area contributed by atoms with Crippen molar-refractivity contribution in [3.63, 3.8) is 0 Å². The number of hydrogen-bond donors (Lipinski definition) is 2. The molecule has 4 aromatic heterocycles. The maximum Gasteiger partial charge on any atom is 0.338 e. The van der Waals surface area contributed by atoms with Gasteiger partial charge in [-0.25, -0.2) is 19.2 Å². The van der Waals surface area contributed by atoms with E-state index in [0.29, 0.717) is 41.6 Å². The van der Waals surface area contributed by atoms with Crippen molar-refractivity contribution in [1.82, 2.24) is 29.1 Å². The molecule has 1 aliphatic carbocycles. The van der Waals surface area contributed by atoms with Crippen molar-refractivity contribution in [2.24, 2.45) is 13.0 Å². The number of hydrogen-bond acceptors (Lipinski definition) is 6. The Balaban J connectivity index is 1.47. The molecule has 4 aromatic rings. The maximum absolute atomic E-state index is 14.0. The van der Waals surface area contributed by atoms with Crippen molar-refractivity contribution in [2.45, 2.75) is 37.8 Å². The number of fused-ring (bicyclic) bond motifs is 1. The summed E-state index contributed by atoms with van der Waals surface area (Å²) in [6.45, 7) is 0. The Morgan fingerprint density at radius 2 is 2.00 bits per heavy atom. The Hall–Kier alpha value is -3.34. The lowest BCUT2D eigenvalue weighted by atomic mass is 9.78. The number of carboxylic acid groups (broad SMARTS) is 1. The van der Waals surface area contributed by atoms with E-state index in [1.54, 1.807) is 23.1 Å². The summed E-state index contributed by atoms with van der Waals surface area (Å²) in [4.78, 5) is 24.8. The number of pyridine rings is 1. The normalized spacial score (nSPS) is 19.4. The number of carboxylic acids is 1. The molecule has 0 radical (unpaired) electrons. The second kappa shape index (κ2) is 8.79. The molecule has 34 heavy (non-hydrogen) atoms. The summed E-state index contributed by atoms with van der Waals surface area (Å²) in [7, 11) is 1.91. The monoisotopic (exact) mass is 527 g/mol. The zero-order valence-corrected chi connectivity index (χ0v) is 20.0. The second-order valence-electron chi connectivity index (χ2n) is 8.64. The zero-order valence-electron chi connectivity index (χ0n) is 18.4. The first kappa shape index (κ1) is 22.5. The van der Waals surface area contributed by atoms with Gasteiger partial charge in [0.1, 0.15) is 11.5 Å². The van der Waals surface area contributed by atoms with Crippen molar-refractivity contribution in [2.75, 3.05) is 5.73 Å². The lowest BCUT2D eigenvalue weighted by Crippen LogP contribution is -2.28. The molecule has 11 heteroatoms. The van der Waals surface area contributed by atoms with Gasteiger partial charge < -0.3 is 15.4 Å². The van der Waals surface area contributed by atoms with E-state index >= 15 is 0 Å². The van der Waals surface area contributed by atoms with Gasteiger partial charge in [-0.1, -0.05) is 6.07 Å². The predicted octanol–water partition coefficient (Wildman–Crippen LogP) is 4.23. The molecule has 4 heterocycles. The first-order chi connectivity index (χ1) is 16.3. The minimum atomic E-state index is -1.83. The predicted molar refractivity (Wildman–Crippen MR) is 128 cm³/mol. The maximum atomic E-state index is 14.0. The number of aryl methyl sites for hydroxylation is 1. The van der Waals surface area contributed by atoms with Gasteiger partial charge in [0.05, 0.1) is 16.4 Å². The van der Waals surface area contributed by atoms with Gasteiger partial charge in [0.2, 0.25) is 0 Å². The summed E-state index contributed by atoms with van der Waals surface area (Å²) in [6, 6.07) is 3.85. The number of aromatic nitrogens is 6. The van der Waals surface area contributed by atoms with E-state index in [4.69, 9.17) is 15.8 Å². The van der Waals surface area contributed by atoms with Crippen LogP contribution in [-0.2, 0) is 11.8 Å². The molecular weight excluding hydrogens is 505 g/mol. The van der Waals surface area contributed by atoms with Gasteiger partial charge >= 0.3 is 5.97 Å². The molecule has 0 aliphatic heterocycles. The quantitative estimate of drug-likeness (QED) is 0.397. The fourth-order valence-corrected chi connectivity index (χ4v) is 5.25. The number of halogens is 2. The van der Waals surface area contributed by atoms with E-state index in [9.17, 15) is 9.18 Å². The minimum Gasteiger partial charge on any atom is -0.479 e. The average molecular weight is 528 g/mol. The Kier molecular flexibility index (Phi) is 5.80. The average Bonchev–Trinajstić information content (AvgIpc) is 3.47. The lowest BCUT2D eigenvalue weighted by Gasteiger charge is -2.29. The minimum absolute atomic E-state index is 0.0468. The third-order valence-corrected chi connectivity index (χ3v) is 7.39. The SMILES string of the molecule is Cn1ccnc1-c1ccc(-c2cnn3c(N)c(Br)c([C@H]4CC[C@@H](C(F)C(=O)O)CC4)nc23)cn1. The van der Waals surface area contributed by atoms with Gasteiger partial charge in [0.15, 0.2) is 17.6 Å². The highest BCUT2D eigenvalue weighted by molar-refractivity contribution is 9.10. The summed E-state index contributed by atoms with van der Waals surface area (Å²) >= 11 is 3.57. The number of carbonyl (C=O) groups is 1. The molecule has 0 spiro atoms. The number of nitrogens with zero attached hydrogens (tertiary/aromatic N) is 6. The van der Waals surface area contributed by atoms with Crippen molar-refractivity contribution < 1.29 is 14.3 Å². The highest BCUT2D eigenvalue weighted by Gasteiger charge is 2.34. The number of imidazole rings is 1. The molecule has 3 N–H and O–H groups in total. The largest absolute Gasteiger partial charge is 0.479 e. The van der Waals surface area contributed by atoms with Crippen molar-refractivity contribution in [3.8, 4) is 22.6 Å². The van der Waals surface area contributed by atoms with Gasteiger partial charge in [-0.3, -0.25) is 4.98 Å². The molecule has 1 saturated carbocycles. The van der Waals surface area contributed by atoms with Crippen LogP contribution in [0.5, 0.6) is 0 Å². The van der Waals surface area contributed by atoms with Crippen molar-refractivity contribution >= 4 is 33.4 Å². The number of alkyl halides is 1. The van der Waals surface area contributed by atoms with Crippen LogP contribution >= 0.6 is 15.9 Å². The third kappa shape index (κ3) is 3.83. The van der Waals surface area contributed by atoms with Crippen LogP contribution in [-0.4, -0.2) is 46.4 Å². The van der Waals surface area contributed by atoms with E-state index in [1.165, 1.54) is 0 Å². The van der Waals surface area contributed by atoms with E-state index in [2.05, 4.69) is 31.0 Å². The highest BCUT2D eigenvalue weighted by Crippen LogP contribution is 2.41. The van der Waals surface area contributed by atoms with Gasteiger partial charge in [-0.05, 0) is 47.7 Å². The molecular formula is C23H23BrFN7O2. The van der Waals surface area contributed by atoms with Gasteiger partial charge in [-0.2, -0.15) is 9.61 Å². The molecule has 0 amide bonds. The molecule has 0 saturated heterocycles. The van der Waals surface area contributed by atoms with Crippen molar-refractivity contribution in [3.05, 3.63) is 47.1 Å². The zero-order chi connectivity index (χ0) is 24.0. The summed E-state index contributed by atoms with van der Waals surface area (Å²) in [5.74, 6) is -0.609. The van der Waals surface area contributed by atoms with Gasteiger partial charge in [0, 0.05) is 48.6 Å². The van der Waals surface area contributed by atoms with Crippen LogP contribution < -0.4 is 5.73 Å². The van der Waals surface area contributed by atoms with Crippen LogP contribution in [0.25, 0.3) is 28.3 Å². The number of nitrogens with two attached hydrogens (primary N) is 1. The first-order valence-electron chi connectivity index (χ1n) is 11.0. The molecule has 1 aliphatic rings. The van der Waals surface area contributed by atoms with E-state index in [-0.39, 0.29) is 5.92 Å². The first-order valence-corrected chi connectivity index (χ1v) is 11.8. The number of nitrogen functional groups attached to an aromatic ring is 1. The molecule has 0 bridgehead atoms.